The summed E-state index contributed by atoms with van der Waals surface area (Å²) in [5.41, 5.74) is 1.47. The average Bonchev–Trinajstić information content (AvgIpc) is 3.14. The van der Waals surface area contributed by atoms with Crippen molar-refractivity contribution < 1.29 is 14.1 Å². The van der Waals surface area contributed by atoms with E-state index in [2.05, 4.69) is 17.4 Å². The molecule has 1 N–H and O–H groups in total. The lowest BCUT2D eigenvalue weighted by Crippen LogP contribution is -2.47. The molecule has 1 aromatic carbocycles. The standard InChI is InChI=1S/C19H24ClN3O3/c1-2-10-25-14-6-5-9-23(13-14)19(24)21-12-15-11-18(22-26-15)16-7-3-4-8-17(16)20/h3-4,7-8,11,14H,2,5-6,9-10,12-13H2,1H3,(H,21,24)/t14-/m1/s1. The van der Waals surface area contributed by atoms with Crippen molar-refractivity contribution in [3.05, 3.63) is 41.1 Å². The van der Waals surface area contributed by atoms with Gasteiger partial charge in [-0.3, -0.25) is 0 Å². The third-order valence-corrected chi connectivity index (χ3v) is 4.68. The average molecular weight is 378 g/mol. The Morgan fingerprint density at radius 3 is 3.12 bits per heavy atom. The molecule has 0 unspecified atom stereocenters. The van der Waals surface area contributed by atoms with Gasteiger partial charge >= 0.3 is 6.03 Å². The maximum atomic E-state index is 12.4. The van der Waals surface area contributed by atoms with Crippen LogP contribution < -0.4 is 5.32 Å². The summed E-state index contributed by atoms with van der Waals surface area (Å²) in [5, 5.41) is 7.54. The molecule has 0 bridgehead atoms. The molecular weight excluding hydrogens is 354 g/mol. The van der Waals surface area contributed by atoms with Gasteiger partial charge in [0.15, 0.2) is 5.76 Å². The second-order valence-corrected chi connectivity index (χ2v) is 6.81. The van der Waals surface area contributed by atoms with Gasteiger partial charge in [0, 0.05) is 31.3 Å². The van der Waals surface area contributed by atoms with E-state index in [9.17, 15) is 4.79 Å². The van der Waals surface area contributed by atoms with Gasteiger partial charge < -0.3 is 19.5 Å². The van der Waals surface area contributed by atoms with Gasteiger partial charge in [-0.2, -0.15) is 0 Å². The highest BCUT2D eigenvalue weighted by Gasteiger charge is 2.24. The first-order valence-corrected chi connectivity index (χ1v) is 9.40. The molecule has 1 saturated heterocycles. The van der Waals surface area contributed by atoms with Crippen LogP contribution >= 0.6 is 11.6 Å². The van der Waals surface area contributed by atoms with E-state index in [1.165, 1.54) is 0 Å². The summed E-state index contributed by atoms with van der Waals surface area (Å²) in [5.74, 6) is 0.587. The van der Waals surface area contributed by atoms with Crippen molar-refractivity contribution in [2.24, 2.45) is 0 Å². The highest BCUT2D eigenvalue weighted by atomic mass is 35.5. The predicted molar refractivity (Wildman–Crippen MR) is 100 cm³/mol. The minimum absolute atomic E-state index is 0.106. The number of nitrogens with one attached hydrogen (secondary N) is 1. The summed E-state index contributed by atoms with van der Waals surface area (Å²) in [6.07, 6.45) is 3.09. The van der Waals surface area contributed by atoms with Crippen LogP contribution in [0, 0.1) is 0 Å². The Morgan fingerprint density at radius 1 is 1.46 bits per heavy atom. The summed E-state index contributed by atoms with van der Waals surface area (Å²) >= 11 is 6.18. The minimum atomic E-state index is -0.106. The van der Waals surface area contributed by atoms with Gasteiger partial charge in [-0.15, -0.1) is 0 Å². The van der Waals surface area contributed by atoms with Crippen LogP contribution in [0.4, 0.5) is 4.79 Å². The largest absolute Gasteiger partial charge is 0.376 e. The van der Waals surface area contributed by atoms with Crippen LogP contribution in [-0.2, 0) is 11.3 Å². The van der Waals surface area contributed by atoms with Crippen LogP contribution in [0.25, 0.3) is 11.3 Å². The Bertz CT molecular complexity index is 734. The van der Waals surface area contributed by atoms with Gasteiger partial charge in [0.1, 0.15) is 5.69 Å². The fourth-order valence-electron chi connectivity index (χ4n) is 3.01. The molecule has 140 valence electrons. The first kappa shape index (κ1) is 18.7. The van der Waals surface area contributed by atoms with E-state index in [0.717, 1.165) is 38.0 Å². The molecular formula is C19H24ClN3O3. The zero-order valence-corrected chi connectivity index (χ0v) is 15.7. The van der Waals surface area contributed by atoms with Gasteiger partial charge in [0.25, 0.3) is 0 Å². The van der Waals surface area contributed by atoms with Crippen LogP contribution in [0.2, 0.25) is 5.02 Å². The van der Waals surface area contributed by atoms with Gasteiger partial charge in [-0.05, 0) is 25.3 Å². The van der Waals surface area contributed by atoms with E-state index in [4.69, 9.17) is 20.9 Å². The van der Waals surface area contributed by atoms with E-state index in [0.29, 0.717) is 23.0 Å². The molecule has 6 nitrogen and oxygen atoms in total. The number of hydrogen-bond donors (Lipinski definition) is 1. The lowest BCUT2D eigenvalue weighted by molar-refractivity contribution is 0.00996. The molecule has 0 saturated carbocycles. The molecule has 2 aromatic rings. The van der Waals surface area contributed by atoms with Crippen molar-refractivity contribution in [2.45, 2.75) is 38.8 Å². The van der Waals surface area contributed by atoms with Crippen LogP contribution in [0.15, 0.2) is 34.9 Å². The number of aromatic nitrogens is 1. The van der Waals surface area contributed by atoms with Crippen molar-refractivity contribution in [3.63, 3.8) is 0 Å². The smallest absolute Gasteiger partial charge is 0.317 e. The fraction of sp³-hybridized carbons (Fsp3) is 0.474. The maximum Gasteiger partial charge on any atom is 0.317 e. The molecule has 26 heavy (non-hydrogen) atoms. The zero-order valence-electron chi connectivity index (χ0n) is 14.9. The Kier molecular flexibility index (Phi) is 6.52. The lowest BCUT2D eigenvalue weighted by Gasteiger charge is -2.32. The number of benzene rings is 1. The van der Waals surface area contributed by atoms with Crippen LogP contribution in [0.5, 0.6) is 0 Å². The number of nitrogens with zero attached hydrogens (tertiary/aromatic N) is 2. The van der Waals surface area contributed by atoms with Gasteiger partial charge in [0.05, 0.1) is 17.7 Å². The van der Waals surface area contributed by atoms with E-state index >= 15 is 0 Å². The molecule has 1 aliphatic rings. The second-order valence-electron chi connectivity index (χ2n) is 6.40. The van der Waals surface area contributed by atoms with Crippen LogP contribution in [0.3, 0.4) is 0 Å². The third kappa shape index (κ3) is 4.77. The van der Waals surface area contributed by atoms with Crippen LogP contribution in [0.1, 0.15) is 31.9 Å². The molecule has 1 fully saturated rings. The molecule has 1 aliphatic heterocycles. The molecule has 3 rings (SSSR count). The molecule has 1 aromatic heterocycles. The Morgan fingerprint density at radius 2 is 2.31 bits per heavy atom. The normalized spacial score (nSPS) is 17.3. The number of hydrogen-bond acceptors (Lipinski definition) is 4. The number of piperidine rings is 1. The molecule has 0 radical (unpaired) electrons. The topological polar surface area (TPSA) is 67.6 Å². The quantitative estimate of drug-likeness (QED) is 0.823. The highest BCUT2D eigenvalue weighted by Crippen LogP contribution is 2.26. The summed E-state index contributed by atoms with van der Waals surface area (Å²) in [6, 6.07) is 9.14. The molecule has 0 spiro atoms. The number of urea groups is 1. The predicted octanol–water partition coefficient (Wildman–Crippen LogP) is 4.10. The number of ether oxygens (including phenoxy) is 1. The number of likely N-dealkylation sites (tertiary alicyclic amines) is 1. The van der Waals surface area contributed by atoms with E-state index in [1.807, 2.05) is 18.2 Å². The summed E-state index contributed by atoms with van der Waals surface area (Å²) in [7, 11) is 0. The number of carbonyl (C=O) groups is 1. The van der Waals surface area contributed by atoms with Gasteiger partial charge in [-0.1, -0.05) is 41.9 Å². The van der Waals surface area contributed by atoms with Gasteiger partial charge in [0.2, 0.25) is 0 Å². The van der Waals surface area contributed by atoms with Crippen molar-refractivity contribution in [3.8, 4) is 11.3 Å². The van der Waals surface area contributed by atoms with E-state index in [1.54, 1.807) is 17.0 Å². The van der Waals surface area contributed by atoms with Gasteiger partial charge in [-0.25, -0.2) is 4.79 Å². The van der Waals surface area contributed by atoms with Crippen molar-refractivity contribution in [2.75, 3.05) is 19.7 Å². The first-order valence-electron chi connectivity index (χ1n) is 9.02. The Balaban J connectivity index is 1.53. The third-order valence-electron chi connectivity index (χ3n) is 4.35. The monoisotopic (exact) mass is 377 g/mol. The SMILES string of the molecule is CCCO[C@@H]1CCCN(C(=O)NCc2cc(-c3ccccc3Cl)no2)C1. The lowest BCUT2D eigenvalue weighted by atomic mass is 10.1. The number of carbonyl (C=O) groups excluding carboxylic acids is 1. The zero-order chi connectivity index (χ0) is 18.4. The summed E-state index contributed by atoms with van der Waals surface area (Å²) in [6.45, 7) is 4.49. The number of rotatable bonds is 6. The Hall–Kier alpha value is -2.05. The minimum Gasteiger partial charge on any atom is -0.376 e. The molecule has 2 amide bonds. The van der Waals surface area contributed by atoms with E-state index in [-0.39, 0.29) is 18.7 Å². The van der Waals surface area contributed by atoms with Crippen LogP contribution in [-0.4, -0.2) is 41.9 Å². The highest BCUT2D eigenvalue weighted by molar-refractivity contribution is 6.33. The van der Waals surface area contributed by atoms with Crippen molar-refractivity contribution in [1.29, 1.82) is 0 Å². The van der Waals surface area contributed by atoms with Crippen molar-refractivity contribution >= 4 is 17.6 Å². The Labute approximate surface area is 158 Å². The molecule has 2 heterocycles. The summed E-state index contributed by atoms with van der Waals surface area (Å²) in [4.78, 5) is 14.2. The second kappa shape index (κ2) is 9.05. The number of halogens is 1. The number of amides is 2. The van der Waals surface area contributed by atoms with E-state index < -0.39 is 0 Å². The molecule has 1 atom stereocenters. The first-order chi connectivity index (χ1) is 12.7. The maximum absolute atomic E-state index is 12.4. The molecule has 7 heteroatoms. The molecule has 0 aliphatic carbocycles. The summed E-state index contributed by atoms with van der Waals surface area (Å²) < 4.78 is 11.1. The fourth-order valence-corrected chi connectivity index (χ4v) is 3.24. The van der Waals surface area contributed by atoms with Crippen molar-refractivity contribution in [1.82, 2.24) is 15.4 Å².